The maximum atomic E-state index is 13.7. The molecule has 0 saturated carbocycles. The summed E-state index contributed by atoms with van der Waals surface area (Å²) >= 11 is 0. The van der Waals surface area contributed by atoms with Crippen molar-refractivity contribution < 1.29 is 18.7 Å². The third-order valence-electron chi connectivity index (χ3n) is 5.81. The van der Waals surface area contributed by atoms with E-state index in [1.807, 2.05) is 24.3 Å². The number of Topliss-reactive ketones (excluding diaryl/α,β-unsaturated/α-hetero) is 1. The zero-order chi connectivity index (χ0) is 22.1. The maximum absolute atomic E-state index is 13.7. The van der Waals surface area contributed by atoms with Gasteiger partial charge in [0.2, 0.25) is 0 Å². The van der Waals surface area contributed by atoms with E-state index < -0.39 is 6.04 Å². The number of hydrogen-bond acceptors (Lipinski definition) is 5. The van der Waals surface area contributed by atoms with Crippen molar-refractivity contribution in [2.75, 3.05) is 22.6 Å². The van der Waals surface area contributed by atoms with Gasteiger partial charge in [0.15, 0.2) is 5.78 Å². The summed E-state index contributed by atoms with van der Waals surface area (Å²) in [7, 11) is 1.59. The molecule has 0 fully saturated rings. The van der Waals surface area contributed by atoms with Crippen molar-refractivity contribution in [2.24, 2.45) is 0 Å². The summed E-state index contributed by atoms with van der Waals surface area (Å²) in [6.07, 6.45) is 3.52. The van der Waals surface area contributed by atoms with Crippen LogP contribution in [0.15, 0.2) is 82.6 Å². The number of hydrogen-bond donors (Lipinski definition) is 2. The van der Waals surface area contributed by atoms with Gasteiger partial charge in [-0.3, -0.25) is 9.69 Å². The molecule has 1 atom stereocenters. The molecule has 1 aromatic heterocycles. The number of nitrogens with one attached hydrogen (secondary N) is 2. The van der Waals surface area contributed by atoms with Gasteiger partial charge in [-0.05, 0) is 61.4 Å². The molecular formula is C25H23N3O4. The average molecular weight is 429 g/mol. The highest BCUT2D eigenvalue weighted by molar-refractivity contribution is 6.09. The molecule has 2 amide bonds. The first kappa shape index (κ1) is 19.9. The number of benzene rings is 2. The van der Waals surface area contributed by atoms with Crippen molar-refractivity contribution in [1.82, 2.24) is 0 Å². The van der Waals surface area contributed by atoms with Crippen molar-refractivity contribution >= 4 is 28.9 Å². The molecule has 5 rings (SSSR count). The molecule has 0 radical (unpaired) electrons. The first-order valence-corrected chi connectivity index (χ1v) is 10.6. The maximum Gasteiger partial charge on any atom is 0.327 e. The molecule has 0 bridgehead atoms. The van der Waals surface area contributed by atoms with Crippen molar-refractivity contribution in [3.8, 4) is 5.75 Å². The Kier molecular flexibility index (Phi) is 5.15. The number of urea groups is 1. The van der Waals surface area contributed by atoms with Gasteiger partial charge in [-0.2, -0.15) is 0 Å². The van der Waals surface area contributed by atoms with Crippen LogP contribution in [0.25, 0.3) is 0 Å². The molecule has 7 nitrogen and oxygen atoms in total. The summed E-state index contributed by atoms with van der Waals surface area (Å²) in [6.45, 7) is 0. The standard InChI is InChI=1S/C25H23N3O4/c1-31-17-13-11-16(12-14-17)26-25(30)28-20-8-3-2-6-18(20)27-19-7-4-9-21(29)23(19)24(28)22-10-5-15-32-22/h2-3,5-6,8,10-15,24,27H,4,7,9H2,1H3,(H,26,30). The molecule has 1 aliphatic carbocycles. The number of para-hydroxylation sites is 2. The summed E-state index contributed by atoms with van der Waals surface area (Å²) in [4.78, 5) is 28.4. The highest BCUT2D eigenvalue weighted by Gasteiger charge is 2.41. The monoisotopic (exact) mass is 429 g/mol. The van der Waals surface area contributed by atoms with Gasteiger partial charge in [0.25, 0.3) is 0 Å². The van der Waals surface area contributed by atoms with Gasteiger partial charge < -0.3 is 19.8 Å². The predicted octanol–water partition coefficient (Wildman–Crippen LogP) is 5.50. The van der Waals surface area contributed by atoms with Gasteiger partial charge in [0, 0.05) is 23.4 Å². The van der Waals surface area contributed by atoms with Crippen LogP contribution in [0.4, 0.5) is 21.9 Å². The fourth-order valence-corrected chi connectivity index (χ4v) is 4.33. The van der Waals surface area contributed by atoms with Crippen LogP contribution in [0.5, 0.6) is 5.75 Å². The lowest BCUT2D eigenvalue weighted by Gasteiger charge is -2.32. The Morgan fingerprint density at radius 2 is 1.91 bits per heavy atom. The Morgan fingerprint density at radius 3 is 2.66 bits per heavy atom. The molecule has 32 heavy (non-hydrogen) atoms. The Balaban J connectivity index is 1.63. The van der Waals surface area contributed by atoms with Gasteiger partial charge in [-0.1, -0.05) is 12.1 Å². The molecule has 1 aliphatic heterocycles. The van der Waals surface area contributed by atoms with Crippen LogP contribution in [0, 0.1) is 0 Å². The molecule has 1 unspecified atom stereocenters. The minimum Gasteiger partial charge on any atom is -0.497 e. The number of anilines is 3. The van der Waals surface area contributed by atoms with E-state index >= 15 is 0 Å². The van der Waals surface area contributed by atoms with E-state index in [9.17, 15) is 9.59 Å². The van der Waals surface area contributed by atoms with Crippen molar-refractivity contribution in [1.29, 1.82) is 0 Å². The minimum atomic E-state index is -0.679. The van der Waals surface area contributed by atoms with Crippen LogP contribution in [0.3, 0.4) is 0 Å². The number of allylic oxidation sites excluding steroid dienone is 1. The van der Waals surface area contributed by atoms with Crippen LogP contribution >= 0.6 is 0 Å². The summed E-state index contributed by atoms with van der Waals surface area (Å²) in [5.74, 6) is 1.26. The Hall–Kier alpha value is -4.00. The minimum absolute atomic E-state index is 0.0233. The van der Waals surface area contributed by atoms with E-state index in [4.69, 9.17) is 9.15 Å². The molecule has 7 heteroatoms. The van der Waals surface area contributed by atoms with E-state index in [-0.39, 0.29) is 11.8 Å². The summed E-state index contributed by atoms with van der Waals surface area (Å²) in [5, 5.41) is 6.39. The van der Waals surface area contributed by atoms with Crippen LogP contribution in [-0.2, 0) is 4.79 Å². The van der Waals surface area contributed by atoms with E-state index in [2.05, 4.69) is 10.6 Å². The molecule has 162 valence electrons. The molecule has 3 aromatic rings. The number of carbonyl (C=O) groups excluding carboxylic acids is 2. The number of rotatable bonds is 3. The fraction of sp³-hybridized carbons (Fsp3) is 0.200. The van der Waals surface area contributed by atoms with Crippen molar-refractivity contribution in [3.63, 3.8) is 0 Å². The molecule has 0 saturated heterocycles. The Labute approximate surface area is 185 Å². The average Bonchev–Trinajstić information content (AvgIpc) is 3.29. The van der Waals surface area contributed by atoms with Gasteiger partial charge in [-0.15, -0.1) is 0 Å². The third kappa shape index (κ3) is 3.51. The highest BCUT2D eigenvalue weighted by atomic mass is 16.5. The molecule has 2 heterocycles. The summed E-state index contributed by atoms with van der Waals surface area (Å²) in [6, 6.07) is 17.2. The highest BCUT2D eigenvalue weighted by Crippen LogP contribution is 2.45. The lowest BCUT2D eigenvalue weighted by molar-refractivity contribution is -0.116. The van der Waals surface area contributed by atoms with E-state index in [1.165, 1.54) is 0 Å². The Bertz CT molecular complexity index is 1180. The van der Waals surface area contributed by atoms with Crippen molar-refractivity contribution in [3.05, 3.63) is 84.0 Å². The lowest BCUT2D eigenvalue weighted by atomic mass is 9.88. The second kappa shape index (κ2) is 8.26. The van der Waals surface area contributed by atoms with E-state index in [0.29, 0.717) is 34.9 Å². The molecule has 2 aliphatic rings. The zero-order valence-corrected chi connectivity index (χ0v) is 17.6. The molecule has 2 N–H and O–H groups in total. The third-order valence-corrected chi connectivity index (χ3v) is 5.81. The zero-order valence-electron chi connectivity index (χ0n) is 17.6. The number of furan rings is 1. The van der Waals surface area contributed by atoms with Gasteiger partial charge in [-0.25, -0.2) is 4.79 Å². The quantitative estimate of drug-likeness (QED) is 0.574. The largest absolute Gasteiger partial charge is 0.497 e. The predicted molar refractivity (Wildman–Crippen MR) is 122 cm³/mol. The number of amides is 2. The smallest absolute Gasteiger partial charge is 0.327 e. The van der Waals surface area contributed by atoms with Crippen LogP contribution < -0.4 is 20.3 Å². The van der Waals surface area contributed by atoms with Crippen LogP contribution in [0.1, 0.15) is 31.1 Å². The molecule has 2 aromatic carbocycles. The molecule has 0 spiro atoms. The number of methoxy groups -OCH3 is 1. The van der Waals surface area contributed by atoms with Gasteiger partial charge in [0.1, 0.15) is 17.6 Å². The second-order valence-corrected chi connectivity index (χ2v) is 7.76. The number of ketones is 1. The SMILES string of the molecule is COc1ccc(NC(=O)N2c3ccccc3NC3=C(C(=O)CCC3)C2c2ccco2)cc1. The normalized spacial score (nSPS) is 17.7. The summed E-state index contributed by atoms with van der Waals surface area (Å²) in [5.41, 5.74) is 3.48. The number of fused-ring (bicyclic) bond motifs is 1. The first-order chi connectivity index (χ1) is 15.7. The fourth-order valence-electron chi connectivity index (χ4n) is 4.33. The number of ether oxygens (including phenoxy) is 1. The van der Waals surface area contributed by atoms with Gasteiger partial charge >= 0.3 is 6.03 Å². The molecular weight excluding hydrogens is 406 g/mol. The first-order valence-electron chi connectivity index (χ1n) is 10.6. The van der Waals surface area contributed by atoms with Crippen LogP contribution in [-0.4, -0.2) is 18.9 Å². The van der Waals surface area contributed by atoms with Crippen LogP contribution in [0.2, 0.25) is 0 Å². The second-order valence-electron chi connectivity index (χ2n) is 7.76. The van der Waals surface area contributed by atoms with Crippen molar-refractivity contribution in [2.45, 2.75) is 25.3 Å². The lowest BCUT2D eigenvalue weighted by Crippen LogP contribution is -2.40. The van der Waals surface area contributed by atoms with Gasteiger partial charge in [0.05, 0.1) is 24.7 Å². The number of nitrogens with zero attached hydrogens (tertiary/aromatic N) is 1. The van der Waals surface area contributed by atoms with E-state index in [1.54, 1.807) is 54.7 Å². The summed E-state index contributed by atoms with van der Waals surface area (Å²) < 4.78 is 11.0. The Morgan fingerprint density at radius 1 is 1.09 bits per heavy atom. The topological polar surface area (TPSA) is 83.8 Å². The number of carbonyl (C=O) groups is 2. The van der Waals surface area contributed by atoms with E-state index in [0.717, 1.165) is 24.2 Å².